The molecule has 0 aromatic carbocycles. The van der Waals surface area contributed by atoms with Gasteiger partial charge in [-0.2, -0.15) is 10.2 Å². The van der Waals surface area contributed by atoms with Crippen molar-refractivity contribution in [2.75, 3.05) is 11.1 Å². The standard InChI is InChI=1S/C12H18N6O/c1-4-17-7-9(13)11(16-17)12(19)15-10-6-14-18(5-2)8(10)3/h6-7H,4-5,13H2,1-3H3,(H,15,19). The molecule has 102 valence electrons. The Balaban J connectivity index is 2.20. The number of nitrogen functional groups attached to an aromatic ring is 1. The third-order valence-electron chi connectivity index (χ3n) is 2.98. The number of carbonyl (C=O) groups excluding carboxylic acids is 1. The maximum atomic E-state index is 12.1. The molecule has 0 saturated heterocycles. The predicted octanol–water partition coefficient (Wildman–Crippen LogP) is 1.26. The van der Waals surface area contributed by atoms with Crippen molar-refractivity contribution in [3.63, 3.8) is 0 Å². The Kier molecular flexibility index (Phi) is 3.55. The first-order valence-electron chi connectivity index (χ1n) is 6.23. The lowest BCUT2D eigenvalue weighted by Crippen LogP contribution is -2.15. The topological polar surface area (TPSA) is 90.8 Å². The molecule has 2 heterocycles. The Labute approximate surface area is 111 Å². The van der Waals surface area contributed by atoms with E-state index < -0.39 is 0 Å². The molecular formula is C12H18N6O. The van der Waals surface area contributed by atoms with Crippen LogP contribution in [0, 0.1) is 6.92 Å². The highest BCUT2D eigenvalue weighted by Gasteiger charge is 2.16. The Morgan fingerprint density at radius 1 is 1.42 bits per heavy atom. The number of aromatic nitrogens is 4. The highest BCUT2D eigenvalue weighted by Crippen LogP contribution is 2.16. The van der Waals surface area contributed by atoms with Crippen LogP contribution in [0.5, 0.6) is 0 Å². The number of nitrogens with two attached hydrogens (primary N) is 1. The quantitative estimate of drug-likeness (QED) is 0.867. The molecule has 0 aliphatic rings. The summed E-state index contributed by atoms with van der Waals surface area (Å²) in [5.74, 6) is -0.316. The van der Waals surface area contributed by atoms with Crippen LogP contribution in [0.4, 0.5) is 11.4 Å². The smallest absolute Gasteiger partial charge is 0.278 e. The van der Waals surface area contributed by atoms with Gasteiger partial charge in [0.05, 0.1) is 23.3 Å². The Morgan fingerprint density at radius 2 is 2.16 bits per heavy atom. The van der Waals surface area contributed by atoms with E-state index in [9.17, 15) is 4.79 Å². The second-order valence-electron chi connectivity index (χ2n) is 4.20. The minimum atomic E-state index is -0.316. The van der Waals surface area contributed by atoms with Crippen molar-refractivity contribution < 1.29 is 4.79 Å². The van der Waals surface area contributed by atoms with Crippen LogP contribution in [-0.2, 0) is 13.1 Å². The lowest BCUT2D eigenvalue weighted by Gasteiger charge is -2.04. The number of hydrogen-bond donors (Lipinski definition) is 2. The zero-order valence-corrected chi connectivity index (χ0v) is 11.3. The number of aryl methyl sites for hydroxylation is 2. The molecular weight excluding hydrogens is 244 g/mol. The summed E-state index contributed by atoms with van der Waals surface area (Å²) in [4.78, 5) is 12.1. The fraction of sp³-hybridized carbons (Fsp3) is 0.417. The molecule has 19 heavy (non-hydrogen) atoms. The summed E-state index contributed by atoms with van der Waals surface area (Å²) in [7, 11) is 0. The molecule has 0 spiro atoms. The van der Waals surface area contributed by atoms with Crippen molar-refractivity contribution in [3.8, 4) is 0 Å². The van der Waals surface area contributed by atoms with Crippen LogP contribution in [0.2, 0.25) is 0 Å². The van der Waals surface area contributed by atoms with Gasteiger partial charge >= 0.3 is 0 Å². The molecule has 2 rings (SSSR count). The lowest BCUT2D eigenvalue weighted by atomic mass is 10.3. The molecule has 0 radical (unpaired) electrons. The normalized spacial score (nSPS) is 10.7. The second-order valence-corrected chi connectivity index (χ2v) is 4.20. The summed E-state index contributed by atoms with van der Waals surface area (Å²) in [5, 5.41) is 11.1. The fourth-order valence-corrected chi connectivity index (χ4v) is 1.84. The number of carbonyl (C=O) groups is 1. The van der Waals surface area contributed by atoms with Gasteiger partial charge in [0, 0.05) is 19.3 Å². The third kappa shape index (κ3) is 2.44. The first-order valence-corrected chi connectivity index (χ1v) is 6.23. The molecule has 0 aliphatic heterocycles. The number of nitrogens with one attached hydrogen (secondary N) is 1. The van der Waals surface area contributed by atoms with Crippen molar-refractivity contribution in [3.05, 3.63) is 23.8 Å². The van der Waals surface area contributed by atoms with Crippen LogP contribution >= 0.6 is 0 Å². The summed E-state index contributed by atoms with van der Waals surface area (Å²) in [6, 6.07) is 0. The van der Waals surface area contributed by atoms with E-state index in [0.717, 1.165) is 12.2 Å². The number of nitrogens with zero attached hydrogens (tertiary/aromatic N) is 4. The number of amides is 1. The van der Waals surface area contributed by atoms with Crippen molar-refractivity contribution in [2.45, 2.75) is 33.9 Å². The van der Waals surface area contributed by atoms with Crippen molar-refractivity contribution >= 4 is 17.3 Å². The van der Waals surface area contributed by atoms with Gasteiger partial charge in [-0.1, -0.05) is 0 Å². The van der Waals surface area contributed by atoms with E-state index in [0.29, 0.717) is 17.9 Å². The van der Waals surface area contributed by atoms with Crippen LogP contribution in [0.1, 0.15) is 30.0 Å². The average Bonchev–Trinajstić information content (AvgIpc) is 2.94. The number of anilines is 2. The molecule has 7 nitrogen and oxygen atoms in total. The summed E-state index contributed by atoms with van der Waals surface area (Å²) in [6.07, 6.45) is 3.28. The zero-order valence-electron chi connectivity index (χ0n) is 11.3. The monoisotopic (exact) mass is 262 g/mol. The van der Waals surface area contributed by atoms with Crippen LogP contribution in [0.25, 0.3) is 0 Å². The summed E-state index contributed by atoms with van der Waals surface area (Å²) in [6.45, 7) is 7.26. The Hall–Kier alpha value is -2.31. The molecule has 2 aromatic heterocycles. The van der Waals surface area contributed by atoms with E-state index in [1.54, 1.807) is 17.1 Å². The highest BCUT2D eigenvalue weighted by atomic mass is 16.2. The van der Waals surface area contributed by atoms with E-state index in [4.69, 9.17) is 5.73 Å². The molecule has 0 unspecified atom stereocenters. The molecule has 0 bridgehead atoms. The van der Waals surface area contributed by atoms with Gasteiger partial charge in [0.25, 0.3) is 5.91 Å². The largest absolute Gasteiger partial charge is 0.396 e. The van der Waals surface area contributed by atoms with Gasteiger partial charge in [-0.3, -0.25) is 14.2 Å². The van der Waals surface area contributed by atoms with Crippen LogP contribution in [0.3, 0.4) is 0 Å². The average molecular weight is 262 g/mol. The van der Waals surface area contributed by atoms with Crippen LogP contribution in [-0.4, -0.2) is 25.5 Å². The summed E-state index contributed by atoms with van der Waals surface area (Å²) < 4.78 is 3.44. The van der Waals surface area contributed by atoms with E-state index in [1.165, 1.54) is 0 Å². The molecule has 7 heteroatoms. The van der Waals surface area contributed by atoms with E-state index in [-0.39, 0.29) is 11.6 Å². The van der Waals surface area contributed by atoms with E-state index in [2.05, 4.69) is 15.5 Å². The SMILES string of the molecule is CCn1cc(N)c(C(=O)Nc2cnn(CC)c2C)n1. The number of rotatable bonds is 4. The first kappa shape index (κ1) is 13.1. The summed E-state index contributed by atoms with van der Waals surface area (Å²) >= 11 is 0. The van der Waals surface area contributed by atoms with Gasteiger partial charge in [0.15, 0.2) is 5.69 Å². The molecule has 0 aliphatic carbocycles. The van der Waals surface area contributed by atoms with Gasteiger partial charge < -0.3 is 11.1 Å². The highest BCUT2D eigenvalue weighted by molar-refractivity contribution is 6.06. The van der Waals surface area contributed by atoms with Crippen molar-refractivity contribution in [1.29, 1.82) is 0 Å². The minimum absolute atomic E-state index is 0.241. The van der Waals surface area contributed by atoms with Gasteiger partial charge in [-0.15, -0.1) is 0 Å². The van der Waals surface area contributed by atoms with Gasteiger partial charge in [0.2, 0.25) is 0 Å². The zero-order chi connectivity index (χ0) is 14.0. The molecule has 2 aromatic rings. The number of hydrogen-bond acceptors (Lipinski definition) is 4. The van der Waals surface area contributed by atoms with Crippen LogP contribution < -0.4 is 11.1 Å². The van der Waals surface area contributed by atoms with Gasteiger partial charge in [-0.05, 0) is 20.8 Å². The van der Waals surface area contributed by atoms with Crippen molar-refractivity contribution in [1.82, 2.24) is 19.6 Å². The first-order chi connectivity index (χ1) is 9.06. The van der Waals surface area contributed by atoms with E-state index in [1.807, 2.05) is 25.5 Å². The maximum absolute atomic E-state index is 12.1. The van der Waals surface area contributed by atoms with Gasteiger partial charge in [-0.25, -0.2) is 0 Å². The van der Waals surface area contributed by atoms with Gasteiger partial charge in [0.1, 0.15) is 0 Å². The molecule has 0 atom stereocenters. The summed E-state index contributed by atoms with van der Waals surface area (Å²) in [5.41, 5.74) is 7.98. The molecule has 1 amide bonds. The van der Waals surface area contributed by atoms with Crippen LogP contribution in [0.15, 0.2) is 12.4 Å². The molecule has 0 fully saturated rings. The van der Waals surface area contributed by atoms with Crippen molar-refractivity contribution in [2.24, 2.45) is 0 Å². The Morgan fingerprint density at radius 3 is 2.68 bits per heavy atom. The second kappa shape index (κ2) is 5.13. The maximum Gasteiger partial charge on any atom is 0.278 e. The molecule has 3 N–H and O–H groups in total. The van der Waals surface area contributed by atoms with E-state index >= 15 is 0 Å². The minimum Gasteiger partial charge on any atom is -0.396 e. The molecule has 0 saturated carbocycles. The predicted molar refractivity (Wildman–Crippen MR) is 72.9 cm³/mol. The Bertz CT molecular complexity index is 597. The third-order valence-corrected chi connectivity index (χ3v) is 2.98. The fourth-order valence-electron chi connectivity index (χ4n) is 1.84. The lowest BCUT2D eigenvalue weighted by molar-refractivity contribution is 0.102.